The van der Waals surface area contributed by atoms with E-state index in [9.17, 15) is 9.90 Å². The van der Waals surface area contributed by atoms with Crippen molar-refractivity contribution in [2.45, 2.75) is 66.4 Å². The van der Waals surface area contributed by atoms with Gasteiger partial charge in [0.15, 0.2) is 0 Å². The van der Waals surface area contributed by atoms with E-state index >= 15 is 0 Å². The average molecular weight is 374 g/mol. The highest BCUT2D eigenvalue weighted by Crippen LogP contribution is 2.47. The van der Waals surface area contributed by atoms with E-state index in [4.69, 9.17) is 9.72 Å². The highest BCUT2D eigenvalue weighted by Gasteiger charge is 2.40. The molecule has 4 nitrogen and oxygen atoms in total. The predicted octanol–water partition coefficient (Wildman–Crippen LogP) is 5.07. The van der Waals surface area contributed by atoms with E-state index in [0.717, 1.165) is 29.1 Å². The molecule has 0 aliphatic heterocycles. The van der Waals surface area contributed by atoms with Crippen LogP contribution in [0.2, 0.25) is 0 Å². The highest BCUT2D eigenvalue weighted by molar-refractivity contribution is 7.11. The molecule has 5 heteroatoms. The summed E-state index contributed by atoms with van der Waals surface area (Å²) in [6.07, 6.45) is 2.07. The Bertz CT molecular complexity index is 841. The van der Waals surface area contributed by atoms with E-state index in [2.05, 4.69) is 27.7 Å². The molecule has 0 saturated heterocycles. The number of phenolic OH excluding ortho intramolecular Hbond substituents is 1. The Morgan fingerprint density at radius 1 is 1.27 bits per heavy atom. The van der Waals surface area contributed by atoms with Crippen molar-refractivity contribution in [3.8, 4) is 5.75 Å². The summed E-state index contributed by atoms with van der Waals surface area (Å²) in [4.78, 5) is 18.5. The fraction of sp³-hybridized carbons (Fsp3) is 0.524. The van der Waals surface area contributed by atoms with Gasteiger partial charge >= 0.3 is 5.97 Å². The first-order valence-corrected chi connectivity index (χ1v) is 9.76. The molecule has 26 heavy (non-hydrogen) atoms. The maximum absolute atomic E-state index is 12.4. The Balaban J connectivity index is 1.78. The molecule has 0 amide bonds. The van der Waals surface area contributed by atoms with Crippen LogP contribution in [-0.2, 0) is 23.2 Å². The van der Waals surface area contributed by atoms with Crippen molar-refractivity contribution < 1.29 is 14.6 Å². The number of nitrogens with zero attached hydrogens (tertiary/aromatic N) is 1. The normalized spacial score (nSPS) is 17.6. The summed E-state index contributed by atoms with van der Waals surface area (Å²) >= 11 is 1.64. The van der Waals surface area contributed by atoms with Crippen LogP contribution in [0.15, 0.2) is 12.1 Å². The summed E-state index contributed by atoms with van der Waals surface area (Å²) in [5, 5.41) is 10.9. The van der Waals surface area contributed by atoms with Crippen LogP contribution in [0.4, 0.5) is 0 Å². The Hall–Kier alpha value is -1.88. The average Bonchev–Trinajstić information content (AvgIpc) is 2.85. The maximum Gasteiger partial charge on any atom is 0.342 e. The third-order valence-corrected chi connectivity index (χ3v) is 6.35. The third kappa shape index (κ3) is 3.63. The van der Waals surface area contributed by atoms with Gasteiger partial charge in [-0.3, -0.25) is 0 Å². The van der Waals surface area contributed by atoms with Crippen molar-refractivity contribution in [1.29, 1.82) is 0 Å². The summed E-state index contributed by atoms with van der Waals surface area (Å²) in [7, 11) is 0. The summed E-state index contributed by atoms with van der Waals surface area (Å²) < 4.78 is 5.46. The van der Waals surface area contributed by atoms with E-state index in [-0.39, 0.29) is 28.7 Å². The zero-order chi connectivity index (χ0) is 19.3. The minimum Gasteiger partial charge on any atom is -0.507 e. The van der Waals surface area contributed by atoms with Gasteiger partial charge in [-0.25, -0.2) is 9.78 Å². The second kappa shape index (κ2) is 6.38. The molecular formula is C21H27NO3S. The van der Waals surface area contributed by atoms with Crippen LogP contribution in [0.3, 0.4) is 0 Å². The minimum absolute atomic E-state index is 0.0335. The minimum atomic E-state index is -0.507. The largest absolute Gasteiger partial charge is 0.507 e. The molecule has 0 unspecified atom stereocenters. The smallest absolute Gasteiger partial charge is 0.342 e. The second-order valence-electron chi connectivity index (χ2n) is 8.84. The first kappa shape index (κ1) is 18.9. The molecule has 0 radical (unpaired) electrons. The number of aromatic hydroxyl groups is 1. The van der Waals surface area contributed by atoms with Gasteiger partial charge in [0.1, 0.15) is 22.9 Å². The molecule has 0 atom stereocenters. The number of carbonyl (C=O) groups is 1. The van der Waals surface area contributed by atoms with Gasteiger partial charge in [-0.05, 0) is 49.3 Å². The number of thiazole rings is 1. The van der Waals surface area contributed by atoms with Gasteiger partial charge in [0, 0.05) is 10.3 Å². The van der Waals surface area contributed by atoms with Gasteiger partial charge in [-0.15, -0.1) is 11.3 Å². The van der Waals surface area contributed by atoms with E-state index < -0.39 is 5.97 Å². The molecule has 0 saturated carbocycles. The van der Waals surface area contributed by atoms with Gasteiger partial charge in [-0.2, -0.15) is 0 Å². The molecule has 140 valence electrons. The Labute approximate surface area is 159 Å². The summed E-state index contributed by atoms with van der Waals surface area (Å²) in [5.41, 5.74) is 3.31. The van der Waals surface area contributed by atoms with Crippen LogP contribution in [0.5, 0.6) is 5.75 Å². The molecule has 0 fully saturated rings. The number of rotatable bonds is 3. The molecule has 1 N–H and O–H groups in total. The fourth-order valence-electron chi connectivity index (χ4n) is 4.31. The first-order chi connectivity index (χ1) is 12.0. The third-order valence-electron chi connectivity index (χ3n) is 4.91. The maximum atomic E-state index is 12.4. The number of hydrogen-bond acceptors (Lipinski definition) is 5. The van der Waals surface area contributed by atoms with E-state index in [1.807, 2.05) is 13.0 Å². The summed E-state index contributed by atoms with van der Waals surface area (Å²) in [6.45, 7) is 12.9. The lowest BCUT2D eigenvalue weighted by Gasteiger charge is -2.39. The van der Waals surface area contributed by atoms with Gasteiger partial charge < -0.3 is 9.84 Å². The SMILES string of the molecule is Cc1cc(C)c(C(=O)OCc2nc3c(s2)C(C)(C)CC(C)(C)C3)c(O)c1. The molecular weight excluding hydrogens is 346 g/mol. The molecule has 1 aliphatic carbocycles. The van der Waals surface area contributed by atoms with E-state index in [0.29, 0.717) is 5.56 Å². The highest BCUT2D eigenvalue weighted by atomic mass is 32.1. The quantitative estimate of drug-likeness (QED) is 0.763. The number of ether oxygens (including phenoxy) is 1. The monoisotopic (exact) mass is 373 g/mol. The fourth-order valence-corrected chi connectivity index (χ4v) is 5.41. The molecule has 0 bridgehead atoms. The van der Waals surface area contributed by atoms with Crippen LogP contribution in [0, 0.1) is 19.3 Å². The first-order valence-electron chi connectivity index (χ1n) is 8.95. The van der Waals surface area contributed by atoms with Crippen molar-refractivity contribution >= 4 is 17.3 Å². The molecule has 2 aromatic rings. The number of esters is 1. The number of carbonyl (C=O) groups excluding carboxylic acids is 1. The number of aromatic nitrogens is 1. The van der Waals surface area contributed by atoms with E-state index in [1.54, 1.807) is 24.3 Å². The van der Waals surface area contributed by atoms with Crippen molar-refractivity contribution in [3.05, 3.63) is 44.4 Å². The zero-order valence-corrected chi connectivity index (χ0v) is 17.2. The van der Waals surface area contributed by atoms with E-state index in [1.165, 1.54) is 4.88 Å². The predicted molar refractivity (Wildman–Crippen MR) is 104 cm³/mol. The van der Waals surface area contributed by atoms with Crippen LogP contribution in [0.25, 0.3) is 0 Å². The number of phenols is 1. The summed E-state index contributed by atoms with van der Waals surface area (Å²) in [6, 6.07) is 3.44. The zero-order valence-electron chi connectivity index (χ0n) is 16.4. The van der Waals surface area contributed by atoms with Crippen LogP contribution < -0.4 is 0 Å². The number of hydrogen-bond donors (Lipinski definition) is 1. The Morgan fingerprint density at radius 2 is 1.96 bits per heavy atom. The Kier molecular flexibility index (Phi) is 4.63. The van der Waals surface area contributed by atoms with Crippen LogP contribution in [0.1, 0.15) is 71.2 Å². The van der Waals surface area contributed by atoms with Crippen molar-refractivity contribution in [1.82, 2.24) is 4.98 Å². The lowest BCUT2D eigenvalue weighted by atomic mass is 9.67. The molecule has 1 aromatic heterocycles. The second-order valence-corrected chi connectivity index (χ2v) is 9.92. The lowest BCUT2D eigenvalue weighted by molar-refractivity contribution is 0.0468. The molecule has 1 aromatic carbocycles. The van der Waals surface area contributed by atoms with Crippen LogP contribution >= 0.6 is 11.3 Å². The topological polar surface area (TPSA) is 59.4 Å². The van der Waals surface area contributed by atoms with Gasteiger partial charge in [0.25, 0.3) is 0 Å². The Morgan fingerprint density at radius 3 is 2.62 bits per heavy atom. The molecule has 1 heterocycles. The van der Waals surface area contributed by atoms with Crippen molar-refractivity contribution in [2.75, 3.05) is 0 Å². The summed E-state index contributed by atoms with van der Waals surface area (Å²) in [5.74, 6) is -0.540. The molecule has 3 rings (SSSR count). The lowest BCUT2D eigenvalue weighted by Crippen LogP contribution is -2.33. The van der Waals surface area contributed by atoms with Crippen molar-refractivity contribution in [2.24, 2.45) is 5.41 Å². The van der Waals surface area contributed by atoms with Crippen molar-refractivity contribution in [3.63, 3.8) is 0 Å². The van der Waals surface area contributed by atoms with Gasteiger partial charge in [0.2, 0.25) is 0 Å². The molecule has 0 spiro atoms. The van der Waals surface area contributed by atoms with Gasteiger partial charge in [0.05, 0.1) is 5.69 Å². The standard InChI is InChI=1S/C21H27NO3S/c1-12-7-13(2)17(15(23)8-12)19(24)25-10-16-22-14-9-20(3,4)11-21(5,6)18(14)26-16/h7-8,23H,9-11H2,1-6H3. The van der Waals surface area contributed by atoms with Gasteiger partial charge in [-0.1, -0.05) is 33.8 Å². The van der Waals surface area contributed by atoms with Crippen LogP contribution in [-0.4, -0.2) is 16.1 Å². The number of benzene rings is 1. The molecule has 1 aliphatic rings. The number of fused-ring (bicyclic) bond motifs is 1. The number of aryl methyl sites for hydroxylation is 2.